The number of hydrogen-bond donors (Lipinski definition) is 0. The van der Waals surface area contributed by atoms with Crippen molar-refractivity contribution >= 4 is 68.6 Å². The lowest BCUT2D eigenvalue weighted by atomic mass is 9.92. The zero-order valence-electron chi connectivity index (χ0n) is 19.4. The summed E-state index contributed by atoms with van der Waals surface area (Å²) in [6, 6.07) is 21.2. The highest BCUT2D eigenvalue weighted by Crippen LogP contribution is 2.49. The van der Waals surface area contributed by atoms with Gasteiger partial charge < -0.3 is 0 Å². The van der Waals surface area contributed by atoms with E-state index in [0.717, 1.165) is 0 Å². The first-order valence-corrected chi connectivity index (χ1v) is 11.1. The summed E-state index contributed by atoms with van der Waals surface area (Å²) >= 11 is 0. The topological polar surface area (TPSA) is 131 Å². The molecule has 38 heavy (non-hydrogen) atoms. The van der Waals surface area contributed by atoms with Crippen LogP contribution in [0.3, 0.4) is 0 Å². The molecular weight excluding hydrogens is 482 g/mol. The highest BCUT2D eigenvalue weighted by atomic mass is 16.1. The molecule has 0 amide bonds. The molecule has 9 heteroatoms. The Labute approximate surface area is 214 Å². The third kappa shape index (κ3) is 4.06. The van der Waals surface area contributed by atoms with Crippen LogP contribution in [0.15, 0.2) is 99.0 Å². The van der Waals surface area contributed by atoms with E-state index in [4.69, 9.17) is 0 Å². The van der Waals surface area contributed by atoms with Gasteiger partial charge >= 0.3 is 0 Å². The van der Waals surface area contributed by atoms with Crippen LogP contribution in [-0.2, 0) is 19.2 Å². The largest absolute Gasteiger partial charge is 0.256 e. The minimum absolute atomic E-state index is 0.0642. The van der Waals surface area contributed by atoms with E-state index in [-0.39, 0.29) is 22.7 Å². The normalized spacial score (nSPS) is 10.1. The minimum atomic E-state index is 0.0642. The Balaban J connectivity index is 1.95. The van der Waals surface area contributed by atoms with Crippen molar-refractivity contribution in [3.63, 3.8) is 0 Å². The van der Waals surface area contributed by atoms with Crippen molar-refractivity contribution in [3.8, 4) is 22.4 Å². The van der Waals surface area contributed by atoms with Crippen molar-refractivity contribution in [2.45, 2.75) is 0 Å². The van der Waals surface area contributed by atoms with Crippen LogP contribution in [0.25, 0.3) is 43.9 Å². The number of isocyanates is 4. The number of aromatic nitrogens is 1. The summed E-state index contributed by atoms with van der Waals surface area (Å²) in [5.74, 6) is 0. The first kappa shape index (κ1) is 23.8. The molecule has 5 aromatic rings. The van der Waals surface area contributed by atoms with Gasteiger partial charge in [-0.05, 0) is 29.0 Å². The van der Waals surface area contributed by atoms with Gasteiger partial charge in [0, 0.05) is 33.7 Å². The van der Waals surface area contributed by atoms with Gasteiger partial charge in [0.05, 0.1) is 5.69 Å². The summed E-state index contributed by atoms with van der Waals surface area (Å²) in [4.78, 5) is 65.5. The molecule has 0 saturated carbocycles. The number of aliphatic imine (C=N–C) groups is 4. The smallest absolute Gasteiger partial charge is 0.240 e. The average molecular weight is 495 g/mol. The average Bonchev–Trinajstić information content (AvgIpc) is 2.95. The standard InChI is InChI=1S/C29H13N5O4/c35-14-31-26-20-8-3-1-6-18(20)12-23(28(26)33-16-37)22-10-5-11-30-25(22)24-13-19-7-2-4-9-21(19)27(32-15-36)29(24)34-17-38/h1-13H. The predicted octanol–water partition coefficient (Wildman–Crippen LogP) is 6.59. The molecule has 0 N–H and O–H groups in total. The van der Waals surface area contributed by atoms with E-state index in [1.54, 1.807) is 54.7 Å². The summed E-state index contributed by atoms with van der Waals surface area (Å²) in [5, 5.41) is 2.57. The lowest BCUT2D eigenvalue weighted by Gasteiger charge is -2.16. The molecule has 5 rings (SSSR count). The third-order valence-corrected chi connectivity index (χ3v) is 5.97. The molecule has 0 aliphatic carbocycles. The van der Waals surface area contributed by atoms with Gasteiger partial charge in [-0.25, -0.2) is 19.2 Å². The fourth-order valence-electron chi connectivity index (χ4n) is 4.49. The molecule has 1 heterocycles. The van der Waals surface area contributed by atoms with E-state index in [1.807, 2.05) is 24.3 Å². The molecule has 9 nitrogen and oxygen atoms in total. The number of benzene rings is 4. The summed E-state index contributed by atoms with van der Waals surface area (Å²) in [5.41, 5.74) is 2.02. The summed E-state index contributed by atoms with van der Waals surface area (Å²) in [6.07, 6.45) is 7.66. The Morgan fingerprint density at radius 1 is 0.500 bits per heavy atom. The van der Waals surface area contributed by atoms with Crippen LogP contribution in [0.1, 0.15) is 0 Å². The highest BCUT2D eigenvalue weighted by Gasteiger charge is 2.22. The van der Waals surface area contributed by atoms with Gasteiger partial charge in [-0.1, -0.05) is 54.6 Å². The quantitative estimate of drug-likeness (QED) is 0.194. The van der Waals surface area contributed by atoms with E-state index >= 15 is 0 Å². The Kier molecular flexibility index (Phi) is 6.49. The number of carbonyl (C=O) groups excluding carboxylic acids is 4. The van der Waals surface area contributed by atoms with Gasteiger partial charge in [0.1, 0.15) is 22.7 Å². The predicted molar refractivity (Wildman–Crippen MR) is 141 cm³/mol. The molecule has 1 aromatic heterocycles. The number of pyridine rings is 1. The van der Waals surface area contributed by atoms with Crippen LogP contribution in [0.2, 0.25) is 0 Å². The summed E-state index contributed by atoms with van der Waals surface area (Å²) in [7, 11) is 0. The van der Waals surface area contributed by atoms with Crippen LogP contribution >= 0.6 is 0 Å². The molecule has 0 unspecified atom stereocenters. The molecule has 0 spiro atoms. The van der Waals surface area contributed by atoms with Gasteiger partial charge in [-0.2, -0.15) is 20.0 Å². The number of nitrogens with zero attached hydrogens (tertiary/aromatic N) is 5. The molecule has 0 bridgehead atoms. The van der Waals surface area contributed by atoms with Crippen molar-refractivity contribution in [3.05, 3.63) is 79.0 Å². The number of hydrogen-bond acceptors (Lipinski definition) is 9. The molecular formula is C29H13N5O4. The number of fused-ring (bicyclic) bond motifs is 2. The van der Waals surface area contributed by atoms with E-state index in [2.05, 4.69) is 25.0 Å². The maximum atomic E-state index is 11.5. The Bertz CT molecular complexity index is 1820. The molecule has 0 aliphatic heterocycles. The molecule has 0 aliphatic rings. The van der Waals surface area contributed by atoms with E-state index in [0.29, 0.717) is 43.9 Å². The fourth-order valence-corrected chi connectivity index (χ4v) is 4.49. The first-order valence-electron chi connectivity index (χ1n) is 11.1. The van der Waals surface area contributed by atoms with Crippen molar-refractivity contribution in [1.29, 1.82) is 0 Å². The number of rotatable bonds is 6. The van der Waals surface area contributed by atoms with Gasteiger partial charge in [0.2, 0.25) is 24.3 Å². The molecule has 0 saturated heterocycles. The minimum Gasteiger partial charge on any atom is -0.256 e. The van der Waals surface area contributed by atoms with Crippen LogP contribution in [0.5, 0.6) is 0 Å². The van der Waals surface area contributed by atoms with Gasteiger partial charge in [-0.3, -0.25) is 4.98 Å². The van der Waals surface area contributed by atoms with Crippen LogP contribution < -0.4 is 0 Å². The molecule has 0 fully saturated rings. The van der Waals surface area contributed by atoms with E-state index < -0.39 is 0 Å². The van der Waals surface area contributed by atoms with Crippen molar-refractivity contribution in [2.24, 2.45) is 20.0 Å². The van der Waals surface area contributed by atoms with E-state index in [1.165, 1.54) is 24.3 Å². The zero-order chi connectivity index (χ0) is 26.5. The third-order valence-electron chi connectivity index (χ3n) is 5.97. The lowest BCUT2D eigenvalue weighted by Crippen LogP contribution is -1.92. The second kappa shape index (κ2) is 10.4. The second-order valence-electron chi connectivity index (χ2n) is 7.90. The van der Waals surface area contributed by atoms with Crippen molar-refractivity contribution < 1.29 is 19.2 Å². The van der Waals surface area contributed by atoms with Gasteiger partial charge in [0.15, 0.2) is 0 Å². The maximum absolute atomic E-state index is 11.5. The fraction of sp³-hybridized carbons (Fsp3) is 0. The van der Waals surface area contributed by atoms with Crippen LogP contribution in [-0.4, -0.2) is 29.3 Å². The van der Waals surface area contributed by atoms with Gasteiger partial charge in [0.25, 0.3) is 0 Å². The van der Waals surface area contributed by atoms with Crippen molar-refractivity contribution in [2.75, 3.05) is 0 Å². The lowest BCUT2D eigenvalue weighted by molar-refractivity contribution is 0.564. The Morgan fingerprint density at radius 2 is 0.974 bits per heavy atom. The monoisotopic (exact) mass is 495 g/mol. The molecule has 178 valence electrons. The first-order chi connectivity index (χ1) is 18.7. The zero-order valence-corrected chi connectivity index (χ0v) is 19.4. The highest BCUT2D eigenvalue weighted by molar-refractivity contribution is 6.09. The van der Waals surface area contributed by atoms with Crippen molar-refractivity contribution in [1.82, 2.24) is 4.98 Å². The second-order valence-corrected chi connectivity index (χ2v) is 7.90. The summed E-state index contributed by atoms with van der Waals surface area (Å²) < 4.78 is 0. The Morgan fingerprint density at radius 3 is 1.53 bits per heavy atom. The van der Waals surface area contributed by atoms with E-state index in [9.17, 15) is 19.2 Å². The SMILES string of the molecule is O=C=Nc1c(-c2cccnc2-c2cc3ccccc3c(N=C=O)c2N=C=O)cc2ccccc2c1N=C=O. The van der Waals surface area contributed by atoms with Crippen LogP contribution in [0.4, 0.5) is 22.7 Å². The molecule has 4 aromatic carbocycles. The molecule has 0 atom stereocenters. The summed E-state index contributed by atoms with van der Waals surface area (Å²) in [6.45, 7) is 0. The molecule has 0 radical (unpaired) electrons. The Hall–Kier alpha value is -5.93. The van der Waals surface area contributed by atoms with Crippen LogP contribution in [0, 0.1) is 0 Å². The van der Waals surface area contributed by atoms with Gasteiger partial charge in [-0.15, -0.1) is 0 Å². The maximum Gasteiger partial charge on any atom is 0.240 e.